The molecule has 8 heteroatoms. The number of carbonyl (C=O) groups is 1. The van der Waals surface area contributed by atoms with E-state index in [4.69, 9.17) is 0 Å². The van der Waals surface area contributed by atoms with Crippen LogP contribution in [0.25, 0.3) is 11.3 Å². The van der Waals surface area contributed by atoms with E-state index in [0.717, 1.165) is 55.4 Å². The summed E-state index contributed by atoms with van der Waals surface area (Å²) in [7, 11) is 0. The van der Waals surface area contributed by atoms with E-state index in [1.54, 1.807) is 0 Å². The first kappa shape index (κ1) is 21.3. The van der Waals surface area contributed by atoms with Gasteiger partial charge in [0.1, 0.15) is 18.0 Å². The van der Waals surface area contributed by atoms with Crippen LogP contribution >= 0.6 is 0 Å². The third kappa shape index (κ3) is 4.79. The molecule has 4 heterocycles. The number of nitrogens with zero attached hydrogens (tertiary/aromatic N) is 6. The lowest BCUT2D eigenvalue weighted by atomic mass is 9.97. The monoisotopic (exact) mass is 443 g/mol. The van der Waals surface area contributed by atoms with Gasteiger partial charge in [0, 0.05) is 37.8 Å². The highest BCUT2D eigenvalue weighted by Gasteiger charge is 2.27. The zero-order valence-corrected chi connectivity index (χ0v) is 18.9. The van der Waals surface area contributed by atoms with Crippen LogP contribution < -0.4 is 15.1 Å². The average Bonchev–Trinajstić information content (AvgIpc) is 3.40. The summed E-state index contributed by atoms with van der Waals surface area (Å²) in [5, 5.41) is 11.9. The predicted molar refractivity (Wildman–Crippen MR) is 129 cm³/mol. The van der Waals surface area contributed by atoms with Crippen molar-refractivity contribution in [2.24, 2.45) is 5.92 Å². The Labute approximate surface area is 194 Å². The first-order chi connectivity index (χ1) is 16.2. The van der Waals surface area contributed by atoms with Crippen LogP contribution in [0.5, 0.6) is 0 Å². The number of aromatic nitrogens is 4. The van der Waals surface area contributed by atoms with E-state index in [0.29, 0.717) is 12.4 Å². The van der Waals surface area contributed by atoms with Gasteiger partial charge in [-0.15, -0.1) is 10.2 Å². The summed E-state index contributed by atoms with van der Waals surface area (Å²) in [4.78, 5) is 26.0. The summed E-state index contributed by atoms with van der Waals surface area (Å²) < 4.78 is 0. The Bertz CT molecular complexity index is 1110. The molecule has 1 amide bonds. The number of anilines is 3. The molecule has 33 heavy (non-hydrogen) atoms. The molecule has 0 radical (unpaired) electrons. The minimum absolute atomic E-state index is 0.00439. The standard InChI is InChI=1S/C25H29N7O/c1-18-7-2-3-9-20(18)21-10-11-23(30-29-21)32-14-6-8-19(16-32)25(33)28-22-15-24(27-17-26-22)31-12-4-5-13-31/h2-3,7,9-11,15,17,19H,4-6,8,12-14,16H2,1H3,(H,26,27,28,33). The van der Waals surface area contributed by atoms with Crippen LogP contribution in [-0.4, -0.2) is 52.3 Å². The van der Waals surface area contributed by atoms with Crippen molar-refractivity contribution in [2.75, 3.05) is 41.3 Å². The number of aryl methyl sites for hydroxylation is 1. The van der Waals surface area contributed by atoms with Gasteiger partial charge in [0.05, 0.1) is 11.6 Å². The second kappa shape index (κ2) is 9.52. The third-order valence-corrected chi connectivity index (χ3v) is 6.52. The maximum atomic E-state index is 13.0. The Morgan fingerprint density at radius 1 is 0.939 bits per heavy atom. The number of rotatable bonds is 5. The molecule has 1 atom stereocenters. The highest BCUT2D eigenvalue weighted by Crippen LogP contribution is 2.26. The third-order valence-electron chi connectivity index (χ3n) is 6.52. The second-order valence-electron chi connectivity index (χ2n) is 8.82. The van der Waals surface area contributed by atoms with E-state index >= 15 is 0 Å². The number of hydrogen-bond acceptors (Lipinski definition) is 7. The molecule has 1 aromatic carbocycles. The van der Waals surface area contributed by atoms with Crippen molar-refractivity contribution < 1.29 is 4.79 Å². The molecule has 0 spiro atoms. The maximum absolute atomic E-state index is 13.0. The van der Waals surface area contributed by atoms with Gasteiger partial charge in [0.15, 0.2) is 5.82 Å². The fraction of sp³-hybridized carbons (Fsp3) is 0.400. The smallest absolute Gasteiger partial charge is 0.230 e. The van der Waals surface area contributed by atoms with Crippen LogP contribution in [0.2, 0.25) is 0 Å². The maximum Gasteiger partial charge on any atom is 0.230 e. The molecule has 1 N–H and O–H groups in total. The van der Waals surface area contributed by atoms with Crippen LogP contribution in [0.3, 0.4) is 0 Å². The number of hydrogen-bond donors (Lipinski definition) is 1. The fourth-order valence-electron chi connectivity index (χ4n) is 4.66. The largest absolute Gasteiger partial charge is 0.356 e. The molecule has 3 aromatic rings. The molecule has 2 aliphatic heterocycles. The van der Waals surface area contributed by atoms with Crippen molar-refractivity contribution in [3.63, 3.8) is 0 Å². The molecular weight excluding hydrogens is 414 g/mol. The predicted octanol–water partition coefficient (Wildman–Crippen LogP) is 3.70. The molecule has 2 aliphatic rings. The summed E-state index contributed by atoms with van der Waals surface area (Å²) in [6.07, 6.45) is 5.67. The van der Waals surface area contributed by atoms with Crippen molar-refractivity contribution >= 4 is 23.4 Å². The molecule has 5 rings (SSSR count). The quantitative estimate of drug-likeness (QED) is 0.643. The molecule has 2 saturated heterocycles. The lowest BCUT2D eigenvalue weighted by molar-refractivity contribution is -0.120. The van der Waals surface area contributed by atoms with Crippen LogP contribution in [-0.2, 0) is 4.79 Å². The topological polar surface area (TPSA) is 87.1 Å². The van der Waals surface area contributed by atoms with Crippen molar-refractivity contribution in [3.8, 4) is 11.3 Å². The fourth-order valence-corrected chi connectivity index (χ4v) is 4.66. The first-order valence-corrected chi connectivity index (χ1v) is 11.7. The zero-order chi connectivity index (χ0) is 22.6. The van der Waals surface area contributed by atoms with Crippen LogP contribution in [0.1, 0.15) is 31.2 Å². The van der Waals surface area contributed by atoms with Gasteiger partial charge in [-0.3, -0.25) is 4.79 Å². The van der Waals surface area contributed by atoms with Gasteiger partial charge in [-0.1, -0.05) is 24.3 Å². The normalized spacial score (nSPS) is 18.4. The molecule has 170 valence electrons. The van der Waals surface area contributed by atoms with Gasteiger partial charge >= 0.3 is 0 Å². The Morgan fingerprint density at radius 3 is 2.55 bits per heavy atom. The summed E-state index contributed by atoms with van der Waals surface area (Å²) in [5.41, 5.74) is 3.12. The molecule has 0 bridgehead atoms. The number of carbonyl (C=O) groups excluding carboxylic acids is 1. The molecule has 2 aromatic heterocycles. The van der Waals surface area contributed by atoms with Gasteiger partial charge in [-0.05, 0) is 50.3 Å². The summed E-state index contributed by atoms with van der Waals surface area (Å²) in [5.74, 6) is 2.13. The van der Waals surface area contributed by atoms with Crippen molar-refractivity contribution in [3.05, 3.63) is 54.4 Å². The van der Waals surface area contributed by atoms with Crippen molar-refractivity contribution in [2.45, 2.75) is 32.6 Å². The summed E-state index contributed by atoms with van der Waals surface area (Å²) >= 11 is 0. The Kier molecular flexibility index (Phi) is 6.15. The van der Waals surface area contributed by atoms with Gasteiger partial charge in [-0.25, -0.2) is 9.97 Å². The Hall–Kier alpha value is -3.55. The second-order valence-corrected chi connectivity index (χ2v) is 8.82. The van der Waals surface area contributed by atoms with Crippen LogP contribution in [0, 0.1) is 12.8 Å². The molecule has 2 fully saturated rings. The molecule has 1 unspecified atom stereocenters. The summed E-state index contributed by atoms with van der Waals surface area (Å²) in [6.45, 7) is 5.57. The lowest BCUT2D eigenvalue weighted by Gasteiger charge is -2.32. The van der Waals surface area contributed by atoms with Crippen LogP contribution in [0.4, 0.5) is 17.5 Å². The van der Waals surface area contributed by atoms with Crippen molar-refractivity contribution in [1.29, 1.82) is 0 Å². The number of nitrogens with one attached hydrogen (secondary N) is 1. The summed E-state index contributed by atoms with van der Waals surface area (Å²) in [6, 6.07) is 14.1. The minimum Gasteiger partial charge on any atom is -0.356 e. The Morgan fingerprint density at radius 2 is 1.76 bits per heavy atom. The SMILES string of the molecule is Cc1ccccc1-c1ccc(N2CCCC(C(=O)Nc3cc(N4CCCC4)ncn3)C2)nn1. The lowest BCUT2D eigenvalue weighted by Crippen LogP contribution is -2.41. The highest BCUT2D eigenvalue weighted by atomic mass is 16.2. The highest BCUT2D eigenvalue weighted by molar-refractivity contribution is 5.92. The van der Waals surface area contributed by atoms with Gasteiger partial charge in [0.2, 0.25) is 5.91 Å². The molecule has 0 saturated carbocycles. The van der Waals surface area contributed by atoms with E-state index in [1.807, 2.05) is 30.3 Å². The van der Waals surface area contributed by atoms with E-state index in [-0.39, 0.29) is 11.8 Å². The Balaban J connectivity index is 1.24. The molecule has 8 nitrogen and oxygen atoms in total. The average molecular weight is 444 g/mol. The van der Waals surface area contributed by atoms with Crippen LogP contribution in [0.15, 0.2) is 48.8 Å². The molecule has 0 aliphatic carbocycles. The number of benzene rings is 1. The van der Waals surface area contributed by atoms with Gasteiger partial charge in [-0.2, -0.15) is 0 Å². The van der Waals surface area contributed by atoms with E-state index in [1.165, 1.54) is 24.7 Å². The number of amides is 1. The molecular formula is C25H29N7O. The number of piperidine rings is 1. The van der Waals surface area contributed by atoms with Gasteiger partial charge in [0.25, 0.3) is 0 Å². The zero-order valence-electron chi connectivity index (χ0n) is 18.9. The van der Waals surface area contributed by atoms with Gasteiger partial charge < -0.3 is 15.1 Å². The minimum atomic E-state index is -0.123. The van der Waals surface area contributed by atoms with E-state index < -0.39 is 0 Å². The van der Waals surface area contributed by atoms with E-state index in [9.17, 15) is 4.79 Å². The van der Waals surface area contributed by atoms with Crippen molar-refractivity contribution in [1.82, 2.24) is 20.2 Å². The first-order valence-electron chi connectivity index (χ1n) is 11.7. The van der Waals surface area contributed by atoms with E-state index in [2.05, 4.69) is 54.3 Å².